The molecule has 6 nitrogen and oxygen atoms in total. The SMILES string of the molecule is C[C@@H](O)c1cc([N+](=O)[O-])c(N(C)Cc2ccco2)s1. The molecular formula is C12H14N2O4S. The van der Waals surface area contributed by atoms with E-state index in [1.54, 1.807) is 31.2 Å². The van der Waals surface area contributed by atoms with Crippen LogP contribution in [0.3, 0.4) is 0 Å². The molecule has 0 spiro atoms. The van der Waals surface area contributed by atoms with E-state index in [9.17, 15) is 15.2 Å². The zero-order valence-electron chi connectivity index (χ0n) is 10.6. The summed E-state index contributed by atoms with van der Waals surface area (Å²) < 4.78 is 5.22. The molecule has 1 atom stereocenters. The van der Waals surface area contributed by atoms with Gasteiger partial charge in [-0.05, 0) is 19.1 Å². The van der Waals surface area contributed by atoms with Crippen molar-refractivity contribution in [1.29, 1.82) is 0 Å². The fourth-order valence-corrected chi connectivity index (χ4v) is 2.73. The summed E-state index contributed by atoms with van der Waals surface area (Å²) in [4.78, 5) is 12.9. The Hall–Kier alpha value is -1.86. The number of aliphatic hydroxyl groups excluding tert-OH is 1. The Morgan fingerprint density at radius 1 is 1.63 bits per heavy atom. The number of furan rings is 1. The number of rotatable bonds is 5. The summed E-state index contributed by atoms with van der Waals surface area (Å²) in [5, 5.41) is 21.1. The maximum absolute atomic E-state index is 11.0. The maximum Gasteiger partial charge on any atom is 0.304 e. The van der Waals surface area contributed by atoms with Crippen molar-refractivity contribution in [2.24, 2.45) is 0 Å². The first kappa shape index (κ1) is 13.6. The van der Waals surface area contributed by atoms with Crippen molar-refractivity contribution in [1.82, 2.24) is 0 Å². The number of nitro groups is 1. The Morgan fingerprint density at radius 2 is 2.37 bits per heavy atom. The van der Waals surface area contributed by atoms with Gasteiger partial charge >= 0.3 is 5.69 Å². The summed E-state index contributed by atoms with van der Waals surface area (Å²) in [7, 11) is 1.76. The molecular weight excluding hydrogens is 268 g/mol. The first-order valence-corrected chi connectivity index (χ1v) is 6.50. The van der Waals surface area contributed by atoms with Gasteiger partial charge in [0, 0.05) is 18.0 Å². The van der Waals surface area contributed by atoms with Gasteiger partial charge in [-0.15, -0.1) is 11.3 Å². The van der Waals surface area contributed by atoms with Gasteiger partial charge in [0.05, 0.1) is 23.8 Å². The molecule has 1 N–H and O–H groups in total. The van der Waals surface area contributed by atoms with E-state index in [1.807, 2.05) is 6.07 Å². The number of hydrogen-bond acceptors (Lipinski definition) is 6. The number of thiophene rings is 1. The summed E-state index contributed by atoms with van der Waals surface area (Å²) in [6, 6.07) is 5.00. The molecule has 7 heteroatoms. The highest BCUT2D eigenvalue weighted by atomic mass is 32.1. The molecule has 19 heavy (non-hydrogen) atoms. The molecule has 0 aliphatic carbocycles. The summed E-state index contributed by atoms with van der Waals surface area (Å²) in [5.74, 6) is 0.726. The average Bonchev–Trinajstić information content (AvgIpc) is 2.96. The third-order valence-corrected chi connectivity index (χ3v) is 4.05. The molecule has 102 valence electrons. The highest BCUT2D eigenvalue weighted by Gasteiger charge is 2.24. The Labute approximate surface area is 114 Å². The van der Waals surface area contributed by atoms with Gasteiger partial charge < -0.3 is 14.4 Å². The Bertz CT molecular complexity index is 562. The summed E-state index contributed by atoms with van der Waals surface area (Å²) in [6.07, 6.45) is 0.849. The quantitative estimate of drug-likeness (QED) is 0.673. The predicted molar refractivity (Wildman–Crippen MR) is 72.4 cm³/mol. The second kappa shape index (κ2) is 5.41. The smallest absolute Gasteiger partial charge is 0.304 e. The van der Waals surface area contributed by atoms with Gasteiger partial charge in [-0.25, -0.2) is 0 Å². The van der Waals surface area contributed by atoms with Crippen LogP contribution in [0.4, 0.5) is 10.7 Å². The monoisotopic (exact) mass is 282 g/mol. The number of nitrogens with zero attached hydrogens (tertiary/aromatic N) is 2. The predicted octanol–water partition coefficient (Wildman–Crippen LogP) is 2.94. The summed E-state index contributed by atoms with van der Waals surface area (Å²) >= 11 is 1.22. The number of anilines is 1. The third-order valence-electron chi connectivity index (χ3n) is 2.64. The minimum atomic E-state index is -0.713. The first-order chi connectivity index (χ1) is 8.99. The maximum atomic E-state index is 11.0. The molecule has 0 aliphatic rings. The third kappa shape index (κ3) is 2.94. The summed E-state index contributed by atoms with van der Waals surface area (Å²) in [5.41, 5.74) is 0.00922. The number of aliphatic hydroxyl groups is 1. The fraction of sp³-hybridized carbons (Fsp3) is 0.333. The largest absolute Gasteiger partial charge is 0.467 e. The lowest BCUT2D eigenvalue weighted by molar-refractivity contribution is -0.383. The van der Waals surface area contributed by atoms with Crippen molar-refractivity contribution in [3.8, 4) is 0 Å². The lowest BCUT2D eigenvalue weighted by Crippen LogP contribution is -2.15. The van der Waals surface area contributed by atoms with E-state index in [1.165, 1.54) is 17.4 Å². The van der Waals surface area contributed by atoms with E-state index < -0.39 is 11.0 Å². The molecule has 0 aromatic carbocycles. The van der Waals surface area contributed by atoms with Crippen molar-refractivity contribution < 1.29 is 14.4 Å². The fourth-order valence-electron chi connectivity index (χ4n) is 1.71. The molecule has 0 saturated carbocycles. The van der Waals surface area contributed by atoms with E-state index in [0.717, 1.165) is 5.76 Å². The van der Waals surface area contributed by atoms with Crippen LogP contribution in [0.25, 0.3) is 0 Å². The zero-order chi connectivity index (χ0) is 14.0. The van der Waals surface area contributed by atoms with Crippen LogP contribution < -0.4 is 4.90 Å². The van der Waals surface area contributed by atoms with Crippen molar-refractivity contribution in [2.45, 2.75) is 19.6 Å². The van der Waals surface area contributed by atoms with Crippen molar-refractivity contribution in [2.75, 3.05) is 11.9 Å². The van der Waals surface area contributed by atoms with Crippen LogP contribution in [0.15, 0.2) is 28.9 Å². The van der Waals surface area contributed by atoms with Crippen LogP contribution >= 0.6 is 11.3 Å². The molecule has 0 fully saturated rings. The van der Waals surface area contributed by atoms with E-state index in [0.29, 0.717) is 16.4 Å². The van der Waals surface area contributed by atoms with Gasteiger partial charge in [0.15, 0.2) is 5.00 Å². The topological polar surface area (TPSA) is 79.8 Å². The Kier molecular flexibility index (Phi) is 3.87. The normalized spacial score (nSPS) is 12.4. The lowest BCUT2D eigenvalue weighted by atomic mass is 10.3. The van der Waals surface area contributed by atoms with Crippen molar-refractivity contribution in [3.05, 3.63) is 45.2 Å². The van der Waals surface area contributed by atoms with Crippen LogP contribution in [-0.4, -0.2) is 17.1 Å². The zero-order valence-corrected chi connectivity index (χ0v) is 11.4. The minimum absolute atomic E-state index is 0.00922. The van der Waals surface area contributed by atoms with Gasteiger partial charge in [-0.2, -0.15) is 0 Å². The molecule has 2 aromatic rings. The second-order valence-electron chi connectivity index (χ2n) is 4.21. The Balaban J connectivity index is 2.29. The van der Waals surface area contributed by atoms with Crippen molar-refractivity contribution >= 4 is 22.0 Å². The molecule has 2 heterocycles. The lowest BCUT2D eigenvalue weighted by Gasteiger charge is -2.14. The molecule has 0 bridgehead atoms. The first-order valence-electron chi connectivity index (χ1n) is 5.68. The van der Waals surface area contributed by atoms with E-state index in [-0.39, 0.29) is 5.69 Å². The van der Waals surface area contributed by atoms with Gasteiger partial charge in [0.1, 0.15) is 5.76 Å². The number of hydrogen-bond donors (Lipinski definition) is 1. The molecule has 0 amide bonds. The van der Waals surface area contributed by atoms with Crippen LogP contribution in [0.1, 0.15) is 23.7 Å². The highest BCUT2D eigenvalue weighted by molar-refractivity contribution is 7.16. The minimum Gasteiger partial charge on any atom is -0.467 e. The molecule has 0 unspecified atom stereocenters. The standard InChI is InChI=1S/C12H14N2O4S/c1-8(15)11-6-10(14(16)17)12(19-11)13(2)7-9-4-3-5-18-9/h3-6,8,15H,7H2,1-2H3/t8-/m1/s1. The van der Waals surface area contributed by atoms with Gasteiger partial charge in [-0.3, -0.25) is 10.1 Å². The second-order valence-corrected chi connectivity index (χ2v) is 5.27. The van der Waals surface area contributed by atoms with Crippen LogP contribution in [0.2, 0.25) is 0 Å². The van der Waals surface area contributed by atoms with E-state index in [4.69, 9.17) is 4.42 Å². The van der Waals surface area contributed by atoms with Crippen LogP contribution in [0.5, 0.6) is 0 Å². The van der Waals surface area contributed by atoms with Crippen molar-refractivity contribution in [3.63, 3.8) is 0 Å². The van der Waals surface area contributed by atoms with E-state index in [2.05, 4.69) is 0 Å². The van der Waals surface area contributed by atoms with Gasteiger partial charge in [-0.1, -0.05) is 0 Å². The van der Waals surface area contributed by atoms with Gasteiger partial charge in [0.25, 0.3) is 0 Å². The van der Waals surface area contributed by atoms with Crippen LogP contribution in [-0.2, 0) is 6.54 Å². The Morgan fingerprint density at radius 3 is 2.89 bits per heavy atom. The molecule has 0 aliphatic heterocycles. The molecule has 0 saturated heterocycles. The summed E-state index contributed by atoms with van der Waals surface area (Å²) in [6.45, 7) is 2.03. The van der Waals surface area contributed by atoms with Crippen LogP contribution in [0, 0.1) is 10.1 Å². The van der Waals surface area contributed by atoms with Gasteiger partial charge in [0.2, 0.25) is 0 Å². The molecule has 0 radical (unpaired) electrons. The average molecular weight is 282 g/mol. The highest BCUT2D eigenvalue weighted by Crippen LogP contribution is 2.40. The molecule has 2 aromatic heterocycles. The van der Waals surface area contributed by atoms with E-state index >= 15 is 0 Å². The molecule has 2 rings (SSSR count).